The number of amides is 1. The van der Waals surface area contributed by atoms with Crippen LogP contribution in [0.15, 0.2) is 52.9 Å². The lowest BCUT2D eigenvalue weighted by Gasteiger charge is -2.14. The molecular weight excluding hydrogens is 316 g/mol. The molecule has 5 nitrogen and oxygen atoms in total. The van der Waals surface area contributed by atoms with Gasteiger partial charge in [0, 0.05) is 18.9 Å². The second kappa shape index (κ2) is 7.40. The first-order valence-electron chi connectivity index (χ1n) is 8.23. The zero-order chi connectivity index (χ0) is 17.8. The van der Waals surface area contributed by atoms with Crippen molar-refractivity contribution in [1.29, 1.82) is 0 Å². The van der Waals surface area contributed by atoms with Crippen LogP contribution in [0.1, 0.15) is 31.2 Å². The van der Waals surface area contributed by atoms with Crippen molar-refractivity contribution in [2.75, 3.05) is 12.4 Å². The van der Waals surface area contributed by atoms with Crippen molar-refractivity contribution in [2.45, 2.75) is 26.4 Å². The number of fused-ring (bicyclic) bond motifs is 1. The molecule has 3 rings (SSSR count). The molecule has 2 aromatic carbocycles. The van der Waals surface area contributed by atoms with Gasteiger partial charge in [0.05, 0.1) is 18.8 Å². The minimum atomic E-state index is -0.126. The Balaban J connectivity index is 1.70. The van der Waals surface area contributed by atoms with Crippen LogP contribution in [0, 0.1) is 0 Å². The smallest absolute Gasteiger partial charge is 0.221 e. The fraction of sp³-hybridized carbons (Fsp3) is 0.250. The van der Waals surface area contributed by atoms with Gasteiger partial charge in [-0.3, -0.25) is 4.79 Å². The molecule has 130 valence electrons. The number of hydrogen-bond acceptors (Lipinski definition) is 4. The third-order valence-electron chi connectivity index (χ3n) is 4.06. The lowest BCUT2D eigenvalue weighted by molar-refractivity contribution is -0.114. The van der Waals surface area contributed by atoms with E-state index in [1.807, 2.05) is 42.5 Å². The van der Waals surface area contributed by atoms with Gasteiger partial charge in [-0.25, -0.2) is 0 Å². The summed E-state index contributed by atoms with van der Waals surface area (Å²) in [7, 11) is 1.59. The maximum Gasteiger partial charge on any atom is 0.221 e. The van der Waals surface area contributed by atoms with Crippen molar-refractivity contribution >= 4 is 22.6 Å². The first kappa shape index (κ1) is 17.0. The van der Waals surface area contributed by atoms with Crippen LogP contribution in [-0.2, 0) is 11.3 Å². The second-order valence-electron chi connectivity index (χ2n) is 6.01. The number of rotatable bonds is 6. The van der Waals surface area contributed by atoms with Crippen molar-refractivity contribution in [2.24, 2.45) is 0 Å². The maximum atomic E-state index is 11.3. The zero-order valence-corrected chi connectivity index (χ0v) is 14.6. The summed E-state index contributed by atoms with van der Waals surface area (Å²) in [5.41, 5.74) is 2.61. The van der Waals surface area contributed by atoms with Gasteiger partial charge in [0.25, 0.3) is 0 Å². The Hall–Kier alpha value is -2.79. The Morgan fingerprint density at radius 3 is 2.72 bits per heavy atom. The largest absolute Gasteiger partial charge is 0.495 e. The van der Waals surface area contributed by atoms with E-state index in [0.29, 0.717) is 18.0 Å². The van der Waals surface area contributed by atoms with Gasteiger partial charge in [-0.05, 0) is 36.8 Å². The predicted octanol–water partition coefficient (Wildman–Crippen LogP) is 4.25. The number of para-hydroxylation sites is 1. The molecular formula is C20H22N2O3. The number of carbonyl (C=O) groups is 1. The highest BCUT2D eigenvalue weighted by Crippen LogP contribution is 2.27. The lowest BCUT2D eigenvalue weighted by atomic mass is 10.1. The number of ether oxygens (including phenoxy) is 1. The monoisotopic (exact) mass is 338 g/mol. The molecule has 1 heterocycles. The zero-order valence-electron chi connectivity index (χ0n) is 14.6. The summed E-state index contributed by atoms with van der Waals surface area (Å²) in [5, 5.41) is 7.34. The van der Waals surface area contributed by atoms with E-state index < -0.39 is 0 Å². The molecule has 0 saturated heterocycles. The molecule has 0 spiro atoms. The normalized spacial score (nSPS) is 12.1. The van der Waals surface area contributed by atoms with Crippen LogP contribution in [0.5, 0.6) is 5.75 Å². The van der Waals surface area contributed by atoms with Crippen molar-refractivity contribution in [3.8, 4) is 5.75 Å². The average Bonchev–Trinajstić information content (AvgIpc) is 3.03. The van der Waals surface area contributed by atoms with Gasteiger partial charge in [0.2, 0.25) is 5.91 Å². The highest BCUT2D eigenvalue weighted by molar-refractivity contribution is 5.90. The van der Waals surface area contributed by atoms with E-state index in [1.54, 1.807) is 7.11 Å². The Labute approximate surface area is 147 Å². The number of benzene rings is 2. The summed E-state index contributed by atoms with van der Waals surface area (Å²) in [6.07, 6.45) is 0. The Morgan fingerprint density at radius 1 is 1.20 bits per heavy atom. The first-order chi connectivity index (χ1) is 12.1. The van der Waals surface area contributed by atoms with Crippen molar-refractivity contribution in [3.63, 3.8) is 0 Å². The van der Waals surface area contributed by atoms with Crippen LogP contribution >= 0.6 is 0 Å². The van der Waals surface area contributed by atoms with Crippen LogP contribution in [-0.4, -0.2) is 13.0 Å². The minimum absolute atomic E-state index is 0.0683. The molecule has 3 aromatic rings. The highest BCUT2D eigenvalue weighted by Gasteiger charge is 2.12. The predicted molar refractivity (Wildman–Crippen MR) is 98.8 cm³/mol. The van der Waals surface area contributed by atoms with E-state index in [9.17, 15) is 4.79 Å². The molecule has 0 saturated carbocycles. The lowest BCUT2D eigenvalue weighted by Crippen LogP contribution is -2.18. The van der Waals surface area contributed by atoms with E-state index in [0.717, 1.165) is 22.3 Å². The van der Waals surface area contributed by atoms with Crippen LogP contribution < -0.4 is 15.4 Å². The number of furan rings is 1. The van der Waals surface area contributed by atoms with Crippen LogP contribution in [0.25, 0.3) is 11.0 Å². The molecule has 0 aliphatic carbocycles. The van der Waals surface area contributed by atoms with E-state index in [1.165, 1.54) is 6.92 Å². The summed E-state index contributed by atoms with van der Waals surface area (Å²) in [6.45, 7) is 4.19. The third-order valence-corrected chi connectivity index (χ3v) is 4.06. The van der Waals surface area contributed by atoms with Crippen LogP contribution in [0.4, 0.5) is 5.69 Å². The number of anilines is 1. The van der Waals surface area contributed by atoms with E-state index in [4.69, 9.17) is 9.15 Å². The topological polar surface area (TPSA) is 63.5 Å². The average molecular weight is 338 g/mol. The quantitative estimate of drug-likeness (QED) is 0.705. The number of methoxy groups -OCH3 is 1. The van der Waals surface area contributed by atoms with Gasteiger partial charge in [-0.1, -0.05) is 24.3 Å². The standard InChI is InChI=1S/C20H22N2O3/c1-13(20-11-16-6-4-5-7-18(16)25-20)21-12-15-8-9-19(24-3)17(10-15)22-14(2)23/h4-11,13,21H,12H2,1-3H3,(H,22,23). The van der Waals surface area contributed by atoms with Crippen molar-refractivity contribution < 1.29 is 13.9 Å². The summed E-state index contributed by atoms with van der Waals surface area (Å²) in [5.74, 6) is 1.42. The summed E-state index contributed by atoms with van der Waals surface area (Å²) < 4.78 is 11.2. The van der Waals surface area contributed by atoms with Crippen molar-refractivity contribution in [1.82, 2.24) is 5.32 Å². The van der Waals surface area contributed by atoms with Crippen LogP contribution in [0.2, 0.25) is 0 Å². The van der Waals surface area contributed by atoms with E-state index in [2.05, 4.69) is 23.6 Å². The summed E-state index contributed by atoms with van der Waals surface area (Å²) in [6, 6.07) is 15.8. The van der Waals surface area contributed by atoms with Gasteiger partial charge in [0.1, 0.15) is 17.1 Å². The van der Waals surface area contributed by atoms with Crippen LogP contribution in [0.3, 0.4) is 0 Å². The minimum Gasteiger partial charge on any atom is -0.495 e. The summed E-state index contributed by atoms with van der Waals surface area (Å²) >= 11 is 0. The Bertz CT molecular complexity index is 853. The molecule has 1 aromatic heterocycles. The number of nitrogens with one attached hydrogen (secondary N) is 2. The molecule has 2 N–H and O–H groups in total. The molecule has 0 radical (unpaired) electrons. The van der Waals surface area contributed by atoms with Gasteiger partial charge < -0.3 is 19.8 Å². The molecule has 0 aliphatic rings. The Morgan fingerprint density at radius 2 is 2.00 bits per heavy atom. The maximum absolute atomic E-state index is 11.3. The number of hydrogen-bond donors (Lipinski definition) is 2. The van der Waals surface area contributed by atoms with Gasteiger partial charge in [-0.15, -0.1) is 0 Å². The third kappa shape index (κ3) is 4.00. The van der Waals surface area contributed by atoms with Gasteiger partial charge >= 0.3 is 0 Å². The van der Waals surface area contributed by atoms with E-state index >= 15 is 0 Å². The van der Waals surface area contributed by atoms with Crippen molar-refractivity contribution in [3.05, 3.63) is 59.9 Å². The molecule has 0 aliphatic heterocycles. The fourth-order valence-corrected chi connectivity index (χ4v) is 2.74. The van der Waals surface area contributed by atoms with Gasteiger partial charge in [0.15, 0.2) is 0 Å². The van der Waals surface area contributed by atoms with Gasteiger partial charge in [-0.2, -0.15) is 0 Å². The first-order valence-corrected chi connectivity index (χ1v) is 8.23. The van der Waals surface area contributed by atoms with E-state index in [-0.39, 0.29) is 11.9 Å². The molecule has 25 heavy (non-hydrogen) atoms. The Kier molecular flexibility index (Phi) is 5.05. The SMILES string of the molecule is COc1ccc(CNC(C)c2cc3ccccc3o2)cc1NC(C)=O. The second-order valence-corrected chi connectivity index (χ2v) is 6.01. The fourth-order valence-electron chi connectivity index (χ4n) is 2.74. The molecule has 0 bridgehead atoms. The highest BCUT2D eigenvalue weighted by atomic mass is 16.5. The molecule has 1 unspecified atom stereocenters. The summed E-state index contributed by atoms with van der Waals surface area (Å²) in [4.78, 5) is 11.3. The molecule has 1 amide bonds. The molecule has 0 fully saturated rings. The number of carbonyl (C=O) groups excluding carboxylic acids is 1. The molecule has 5 heteroatoms. The molecule has 1 atom stereocenters.